The lowest BCUT2D eigenvalue weighted by Gasteiger charge is -2.24. The van der Waals surface area contributed by atoms with Crippen LogP contribution in [0.1, 0.15) is 18.4 Å². The van der Waals surface area contributed by atoms with Crippen LogP contribution in [0.2, 0.25) is 5.02 Å². The Kier molecular flexibility index (Phi) is 7.06. The largest absolute Gasteiger partial charge is 0.381 e. The summed E-state index contributed by atoms with van der Waals surface area (Å²) in [4.78, 5) is 18.6. The van der Waals surface area contributed by atoms with Crippen LogP contribution in [0.4, 0.5) is 17.5 Å². The summed E-state index contributed by atoms with van der Waals surface area (Å²) in [6, 6.07) is 5.76. The number of aromatic amines is 1. The number of rotatable bonds is 5. The van der Waals surface area contributed by atoms with Crippen molar-refractivity contribution in [1.82, 2.24) is 24.8 Å². The van der Waals surface area contributed by atoms with E-state index >= 15 is 0 Å². The summed E-state index contributed by atoms with van der Waals surface area (Å²) < 4.78 is 28.5. The van der Waals surface area contributed by atoms with E-state index in [-0.39, 0.29) is 17.5 Å². The highest BCUT2D eigenvalue weighted by Crippen LogP contribution is 2.27. The third kappa shape index (κ3) is 6.02. The summed E-state index contributed by atoms with van der Waals surface area (Å²) in [6.45, 7) is 3.01. The Morgan fingerprint density at radius 1 is 1.20 bits per heavy atom. The normalized spacial score (nSPS) is 18.7. The quantitative estimate of drug-likeness (QED) is 0.439. The number of fused-ring (bicyclic) bond motifs is 1. The topological polar surface area (TPSA) is 125 Å². The van der Waals surface area contributed by atoms with Crippen molar-refractivity contribution in [2.24, 2.45) is 0 Å². The zero-order chi connectivity index (χ0) is 24.3. The van der Waals surface area contributed by atoms with Crippen LogP contribution < -0.4 is 10.6 Å². The first-order chi connectivity index (χ1) is 16.9. The highest BCUT2D eigenvalue weighted by Gasteiger charge is 2.21. The van der Waals surface area contributed by atoms with E-state index in [0.29, 0.717) is 53.3 Å². The van der Waals surface area contributed by atoms with Crippen LogP contribution in [0.15, 0.2) is 24.5 Å². The van der Waals surface area contributed by atoms with Crippen molar-refractivity contribution in [3.63, 3.8) is 0 Å². The van der Waals surface area contributed by atoms with E-state index in [2.05, 4.69) is 42.4 Å². The molecule has 3 aromatic rings. The van der Waals surface area contributed by atoms with Gasteiger partial charge in [-0.05, 0) is 31.0 Å². The fraction of sp³-hybridized carbons (Fsp3) is 0.435. The van der Waals surface area contributed by atoms with Crippen LogP contribution in [-0.4, -0.2) is 83.6 Å². The number of imidazole rings is 1. The number of ether oxygens (including phenoxy) is 1. The molecule has 2 saturated heterocycles. The van der Waals surface area contributed by atoms with Crippen LogP contribution >= 0.6 is 11.6 Å². The van der Waals surface area contributed by atoms with Crippen molar-refractivity contribution in [3.05, 3.63) is 35.1 Å². The van der Waals surface area contributed by atoms with E-state index in [4.69, 9.17) is 16.3 Å². The molecule has 0 unspecified atom stereocenters. The Hall–Kier alpha value is -2.91. The van der Waals surface area contributed by atoms with Gasteiger partial charge in [-0.2, -0.15) is 9.97 Å². The van der Waals surface area contributed by atoms with E-state index in [1.165, 1.54) is 0 Å². The third-order valence-electron chi connectivity index (χ3n) is 6.03. The third-order valence-corrected chi connectivity index (χ3v) is 7.95. The molecule has 0 aliphatic carbocycles. The number of hydrogen-bond donors (Lipinski definition) is 3. The summed E-state index contributed by atoms with van der Waals surface area (Å²) in [5.41, 5.74) is 2.75. The molecule has 0 amide bonds. The second-order valence-electron chi connectivity index (χ2n) is 8.58. The Morgan fingerprint density at radius 3 is 2.77 bits per heavy atom. The van der Waals surface area contributed by atoms with Gasteiger partial charge in [0.05, 0.1) is 35.1 Å². The van der Waals surface area contributed by atoms with Gasteiger partial charge < -0.3 is 20.4 Å². The zero-order valence-corrected chi connectivity index (χ0v) is 20.6. The summed E-state index contributed by atoms with van der Waals surface area (Å²) >= 11 is 6.52. The number of H-pyrrole nitrogens is 1. The molecule has 0 saturated carbocycles. The molecular formula is C23H26ClN7O3S. The second-order valence-corrected chi connectivity index (χ2v) is 11.3. The van der Waals surface area contributed by atoms with Crippen LogP contribution in [0.5, 0.6) is 0 Å². The highest BCUT2D eigenvalue weighted by molar-refractivity contribution is 7.91. The molecule has 35 heavy (non-hydrogen) atoms. The molecule has 1 aromatic carbocycles. The lowest BCUT2D eigenvalue weighted by molar-refractivity contribution is 0.0904. The van der Waals surface area contributed by atoms with Gasteiger partial charge in [0.15, 0.2) is 21.3 Å². The van der Waals surface area contributed by atoms with Gasteiger partial charge in [0, 0.05) is 37.9 Å². The van der Waals surface area contributed by atoms with E-state index in [1.807, 2.05) is 17.0 Å². The number of sulfone groups is 1. The lowest BCUT2D eigenvalue weighted by atomic mass is 10.1. The SMILES string of the molecule is O=S1(=O)CCN(CC#Cc2ccc(Nc3nc(NC4CCOCC4)c4nc[nH]c4n3)c(Cl)c2)CC1. The number of nitrogens with one attached hydrogen (secondary N) is 3. The van der Waals surface area contributed by atoms with E-state index in [9.17, 15) is 8.42 Å². The Morgan fingerprint density at radius 2 is 2.00 bits per heavy atom. The van der Waals surface area contributed by atoms with Crippen LogP contribution in [0.3, 0.4) is 0 Å². The van der Waals surface area contributed by atoms with Gasteiger partial charge >= 0.3 is 0 Å². The van der Waals surface area contributed by atoms with Crippen molar-refractivity contribution < 1.29 is 13.2 Å². The second kappa shape index (κ2) is 10.4. The molecule has 4 heterocycles. The molecule has 0 radical (unpaired) electrons. The maximum absolute atomic E-state index is 11.5. The summed E-state index contributed by atoms with van der Waals surface area (Å²) in [6.07, 6.45) is 3.41. The number of hydrogen-bond acceptors (Lipinski definition) is 9. The lowest BCUT2D eigenvalue weighted by Crippen LogP contribution is -2.40. The molecule has 10 nitrogen and oxygen atoms in total. The Bertz CT molecular complexity index is 1360. The minimum atomic E-state index is -2.89. The first-order valence-corrected chi connectivity index (χ1v) is 13.7. The highest BCUT2D eigenvalue weighted by atomic mass is 35.5. The summed E-state index contributed by atoms with van der Waals surface area (Å²) in [5, 5.41) is 7.16. The standard InChI is InChI=1S/C23H26ClN7O3S/c24-18-14-16(2-1-7-31-8-12-35(32,33)13-9-31)3-4-19(18)28-23-29-21-20(25-15-26-21)22(30-23)27-17-5-10-34-11-6-17/h3-4,14-15,17H,5-13H2,(H3,25,26,27,28,29,30). The molecule has 184 valence electrons. The number of benzene rings is 1. The van der Waals surface area contributed by atoms with E-state index in [1.54, 1.807) is 12.4 Å². The first-order valence-electron chi connectivity index (χ1n) is 11.5. The van der Waals surface area contributed by atoms with Crippen LogP contribution in [0, 0.1) is 11.8 Å². The predicted molar refractivity (Wildman–Crippen MR) is 136 cm³/mol. The summed E-state index contributed by atoms with van der Waals surface area (Å²) in [5.74, 6) is 7.66. The molecule has 5 rings (SSSR count). The average Bonchev–Trinajstić information content (AvgIpc) is 3.32. The van der Waals surface area contributed by atoms with Gasteiger partial charge in [-0.1, -0.05) is 23.4 Å². The molecule has 2 fully saturated rings. The molecule has 0 spiro atoms. The Balaban J connectivity index is 1.27. The minimum absolute atomic E-state index is 0.194. The van der Waals surface area contributed by atoms with Crippen LogP contribution in [-0.2, 0) is 14.6 Å². The van der Waals surface area contributed by atoms with Gasteiger partial charge in [0.25, 0.3) is 0 Å². The number of halogens is 1. The maximum Gasteiger partial charge on any atom is 0.231 e. The monoisotopic (exact) mass is 515 g/mol. The molecule has 12 heteroatoms. The van der Waals surface area contributed by atoms with Crippen molar-refractivity contribution in [2.75, 3.05) is 55.0 Å². The van der Waals surface area contributed by atoms with Crippen molar-refractivity contribution in [1.29, 1.82) is 0 Å². The van der Waals surface area contributed by atoms with Gasteiger partial charge in [-0.25, -0.2) is 13.4 Å². The van der Waals surface area contributed by atoms with Gasteiger partial charge in [-0.3, -0.25) is 4.90 Å². The molecular weight excluding hydrogens is 490 g/mol. The van der Waals surface area contributed by atoms with Crippen molar-refractivity contribution in [2.45, 2.75) is 18.9 Å². The van der Waals surface area contributed by atoms with E-state index < -0.39 is 9.84 Å². The maximum atomic E-state index is 11.5. The van der Waals surface area contributed by atoms with Crippen LogP contribution in [0.25, 0.3) is 11.2 Å². The molecule has 0 bridgehead atoms. The molecule has 2 aliphatic heterocycles. The number of anilines is 3. The molecule has 2 aliphatic rings. The van der Waals surface area contributed by atoms with Gasteiger partial charge in [0.2, 0.25) is 5.95 Å². The molecule has 2 aromatic heterocycles. The van der Waals surface area contributed by atoms with Crippen molar-refractivity contribution >= 4 is 50.1 Å². The van der Waals surface area contributed by atoms with E-state index in [0.717, 1.165) is 31.6 Å². The fourth-order valence-electron chi connectivity index (χ4n) is 4.00. The zero-order valence-electron chi connectivity index (χ0n) is 19.1. The van der Waals surface area contributed by atoms with Crippen molar-refractivity contribution in [3.8, 4) is 11.8 Å². The predicted octanol–water partition coefficient (Wildman–Crippen LogP) is 2.42. The first kappa shape index (κ1) is 23.8. The number of aromatic nitrogens is 4. The van der Waals surface area contributed by atoms with Gasteiger partial charge in [-0.15, -0.1) is 0 Å². The fourth-order valence-corrected chi connectivity index (χ4v) is 5.51. The molecule has 0 atom stereocenters. The van der Waals surface area contributed by atoms with Gasteiger partial charge in [0.1, 0.15) is 5.52 Å². The Labute approximate surface area is 208 Å². The summed E-state index contributed by atoms with van der Waals surface area (Å²) in [7, 11) is -2.89. The smallest absolute Gasteiger partial charge is 0.231 e. The minimum Gasteiger partial charge on any atom is -0.381 e. The number of nitrogens with zero attached hydrogens (tertiary/aromatic N) is 4. The molecule has 3 N–H and O–H groups in total. The average molecular weight is 516 g/mol.